The van der Waals surface area contributed by atoms with Gasteiger partial charge in [-0.05, 0) is 38.1 Å². The zero-order valence-electron chi connectivity index (χ0n) is 12.6. The van der Waals surface area contributed by atoms with Crippen LogP contribution in [-0.4, -0.2) is 40.7 Å². The quantitative estimate of drug-likeness (QED) is 0.791. The SMILES string of the molecule is COc1cc(NS(C)(=O)=O)ccc1C(=O)C1CCNCC1.Cl. The number of rotatable bonds is 5. The van der Waals surface area contributed by atoms with Crippen LogP contribution in [-0.2, 0) is 10.0 Å². The number of carbonyl (C=O) groups excluding carboxylic acids is 1. The van der Waals surface area contributed by atoms with Gasteiger partial charge in [0.2, 0.25) is 10.0 Å². The monoisotopic (exact) mass is 348 g/mol. The van der Waals surface area contributed by atoms with Crippen LogP contribution in [0.15, 0.2) is 18.2 Å². The van der Waals surface area contributed by atoms with Gasteiger partial charge < -0.3 is 10.1 Å². The Bertz CT molecular complexity index is 628. The molecule has 124 valence electrons. The Hall–Kier alpha value is -1.31. The number of Topliss-reactive ketones (excluding diaryl/α,β-unsaturated/α-hetero) is 1. The van der Waals surface area contributed by atoms with Gasteiger partial charge in [0.15, 0.2) is 5.78 Å². The Balaban J connectivity index is 0.00000242. The van der Waals surface area contributed by atoms with E-state index >= 15 is 0 Å². The Labute approximate surface area is 137 Å². The number of piperidine rings is 1. The molecular weight excluding hydrogens is 328 g/mol. The minimum atomic E-state index is -3.35. The van der Waals surface area contributed by atoms with Crippen molar-refractivity contribution >= 4 is 33.9 Å². The fourth-order valence-corrected chi connectivity index (χ4v) is 3.03. The van der Waals surface area contributed by atoms with E-state index < -0.39 is 10.0 Å². The molecule has 1 aliphatic heterocycles. The molecule has 0 aliphatic carbocycles. The van der Waals surface area contributed by atoms with Crippen LogP contribution in [0.3, 0.4) is 0 Å². The van der Waals surface area contributed by atoms with E-state index in [1.54, 1.807) is 12.1 Å². The summed E-state index contributed by atoms with van der Waals surface area (Å²) < 4.78 is 30.1. The van der Waals surface area contributed by atoms with E-state index in [2.05, 4.69) is 10.0 Å². The second-order valence-electron chi connectivity index (χ2n) is 5.18. The summed E-state index contributed by atoms with van der Waals surface area (Å²) in [5.41, 5.74) is 0.889. The van der Waals surface area contributed by atoms with Gasteiger partial charge in [-0.25, -0.2) is 8.42 Å². The van der Waals surface area contributed by atoms with Crippen LogP contribution in [0.25, 0.3) is 0 Å². The summed E-state index contributed by atoms with van der Waals surface area (Å²) in [7, 11) is -1.88. The van der Waals surface area contributed by atoms with Gasteiger partial charge in [-0.3, -0.25) is 9.52 Å². The molecule has 8 heteroatoms. The number of sulfonamides is 1. The fourth-order valence-electron chi connectivity index (χ4n) is 2.48. The molecule has 0 radical (unpaired) electrons. The Morgan fingerprint density at radius 3 is 2.50 bits per heavy atom. The lowest BCUT2D eigenvalue weighted by Crippen LogP contribution is -2.32. The van der Waals surface area contributed by atoms with Gasteiger partial charge in [0.05, 0.1) is 24.6 Å². The van der Waals surface area contributed by atoms with Crippen molar-refractivity contribution in [2.45, 2.75) is 12.8 Å². The van der Waals surface area contributed by atoms with Crippen molar-refractivity contribution in [3.05, 3.63) is 23.8 Å². The maximum absolute atomic E-state index is 12.5. The fraction of sp³-hybridized carbons (Fsp3) is 0.500. The molecule has 1 heterocycles. The smallest absolute Gasteiger partial charge is 0.229 e. The maximum atomic E-state index is 12.5. The van der Waals surface area contributed by atoms with E-state index in [0.29, 0.717) is 17.0 Å². The van der Waals surface area contributed by atoms with Crippen molar-refractivity contribution in [1.29, 1.82) is 0 Å². The molecular formula is C14H21ClN2O4S. The number of benzene rings is 1. The number of methoxy groups -OCH3 is 1. The predicted molar refractivity (Wildman–Crippen MR) is 88.6 cm³/mol. The van der Waals surface area contributed by atoms with E-state index in [4.69, 9.17) is 4.74 Å². The van der Waals surface area contributed by atoms with Crippen molar-refractivity contribution in [2.24, 2.45) is 5.92 Å². The number of ketones is 1. The van der Waals surface area contributed by atoms with Crippen LogP contribution in [0, 0.1) is 5.92 Å². The molecule has 1 fully saturated rings. The van der Waals surface area contributed by atoms with E-state index in [1.807, 2.05) is 0 Å². The van der Waals surface area contributed by atoms with Crippen LogP contribution in [0.1, 0.15) is 23.2 Å². The summed E-state index contributed by atoms with van der Waals surface area (Å²) in [6, 6.07) is 4.74. The molecule has 1 aromatic rings. The number of anilines is 1. The van der Waals surface area contributed by atoms with Crippen LogP contribution in [0.2, 0.25) is 0 Å². The zero-order valence-corrected chi connectivity index (χ0v) is 14.2. The molecule has 0 atom stereocenters. The Morgan fingerprint density at radius 1 is 1.32 bits per heavy atom. The van der Waals surface area contributed by atoms with Crippen molar-refractivity contribution in [3.63, 3.8) is 0 Å². The van der Waals surface area contributed by atoms with Gasteiger partial charge in [0.25, 0.3) is 0 Å². The van der Waals surface area contributed by atoms with Gasteiger partial charge in [-0.15, -0.1) is 12.4 Å². The van der Waals surface area contributed by atoms with E-state index in [0.717, 1.165) is 32.2 Å². The van der Waals surface area contributed by atoms with Crippen molar-refractivity contribution in [1.82, 2.24) is 5.32 Å². The van der Waals surface area contributed by atoms with Crippen LogP contribution in [0.5, 0.6) is 5.75 Å². The Kier molecular flexibility index (Phi) is 6.65. The second kappa shape index (κ2) is 7.80. The van der Waals surface area contributed by atoms with Gasteiger partial charge in [-0.2, -0.15) is 0 Å². The molecule has 1 aliphatic rings. The number of nitrogens with one attached hydrogen (secondary N) is 2. The largest absolute Gasteiger partial charge is 0.496 e. The molecule has 6 nitrogen and oxygen atoms in total. The molecule has 0 amide bonds. The molecule has 0 aromatic heterocycles. The average molecular weight is 349 g/mol. The predicted octanol–water partition coefficient (Wildman–Crippen LogP) is 1.67. The highest BCUT2D eigenvalue weighted by atomic mass is 35.5. The van der Waals surface area contributed by atoms with Crippen molar-refractivity contribution in [3.8, 4) is 5.75 Å². The van der Waals surface area contributed by atoms with E-state index in [9.17, 15) is 13.2 Å². The topological polar surface area (TPSA) is 84.5 Å². The first-order valence-electron chi connectivity index (χ1n) is 6.81. The third kappa shape index (κ3) is 4.86. The van der Waals surface area contributed by atoms with Crippen molar-refractivity contribution in [2.75, 3.05) is 31.2 Å². The number of halogens is 1. The molecule has 0 spiro atoms. The third-order valence-electron chi connectivity index (χ3n) is 3.48. The number of carbonyl (C=O) groups is 1. The molecule has 1 aromatic carbocycles. The summed E-state index contributed by atoms with van der Waals surface area (Å²) >= 11 is 0. The minimum Gasteiger partial charge on any atom is -0.496 e. The second-order valence-corrected chi connectivity index (χ2v) is 6.93. The van der Waals surface area contributed by atoms with E-state index in [-0.39, 0.29) is 24.1 Å². The van der Waals surface area contributed by atoms with Crippen molar-refractivity contribution < 1.29 is 17.9 Å². The maximum Gasteiger partial charge on any atom is 0.229 e. The molecule has 0 unspecified atom stereocenters. The highest BCUT2D eigenvalue weighted by molar-refractivity contribution is 7.92. The number of hydrogen-bond donors (Lipinski definition) is 2. The molecule has 22 heavy (non-hydrogen) atoms. The molecule has 0 bridgehead atoms. The lowest BCUT2D eigenvalue weighted by molar-refractivity contribution is 0.0892. The van der Waals surface area contributed by atoms with E-state index in [1.165, 1.54) is 13.2 Å². The summed E-state index contributed by atoms with van der Waals surface area (Å²) in [5.74, 6) is 0.445. The van der Waals surface area contributed by atoms with Gasteiger partial charge in [0, 0.05) is 12.0 Å². The lowest BCUT2D eigenvalue weighted by atomic mass is 9.89. The average Bonchev–Trinajstić information content (AvgIpc) is 2.45. The molecule has 2 N–H and O–H groups in total. The highest BCUT2D eigenvalue weighted by Gasteiger charge is 2.24. The van der Waals surface area contributed by atoms with Gasteiger partial charge >= 0.3 is 0 Å². The standard InChI is InChI=1S/C14H20N2O4S.ClH/c1-20-13-9-11(16-21(2,18)19)3-4-12(13)14(17)10-5-7-15-8-6-10;/h3-4,9-10,15-16H,5-8H2,1-2H3;1H. The molecule has 2 rings (SSSR count). The lowest BCUT2D eigenvalue weighted by Gasteiger charge is -2.22. The van der Waals surface area contributed by atoms with Gasteiger partial charge in [0.1, 0.15) is 5.75 Å². The zero-order chi connectivity index (χ0) is 15.5. The van der Waals surface area contributed by atoms with Crippen LogP contribution >= 0.6 is 12.4 Å². The first kappa shape index (κ1) is 18.7. The summed E-state index contributed by atoms with van der Waals surface area (Å²) in [4.78, 5) is 12.5. The number of hydrogen-bond acceptors (Lipinski definition) is 5. The first-order chi connectivity index (χ1) is 9.90. The third-order valence-corrected chi connectivity index (χ3v) is 4.09. The first-order valence-corrected chi connectivity index (χ1v) is 8.70. The Morgan fingerprint density at radius 2 is 1.95 bits per heavy atom. The van der Waals surface area contributed by atoms with Crippen LogP contribution in [0.4, 0.5) is 5.69 Å². The normalized spacial score (nSPS) is 15.7. The summed E-state index contributed by atoms with van der Waals surface area (Å²) in [5, 5.41) is 3.22. The van der Waals surface area contributed by atoms with Gasteiger partial charge in [-0.1, -0.05) is 0 Å². The minimum absolute atomic E-state index is 0. The highest BCUT2D eigenvalue weighted by Crippen LogP contribution is 2.28. The molecule has 0 saturated carbocycles. The molecule has 1 saturated heterocycles. The van der Waals surface area contributed by atoms with Crippen LogP contribution < -0.4 is 14.8 Å². The number of ether oxygens (including phenoxy) is 1. The summed E-state index contributed by atoms with van der Waals surface area (Å²) in [6.07, 6.45) is 2.70. The summed E-state index contributed by atoms with van der Waals surface area (Å²) in [6.45, 7) is 1.68.